The summed E-state index contributed by atoms with van der Waals surface area (Å²) in [5.41, 5.74) is 19.9. The highest BCUT2D eigenvalue weighted by atomic mass is 14.9. The summed E-state index contributed by atoms with van der Waals surface area (Å²) in [5.74, 6) is 3.58. The van der Waals surface area contributed by atoms with E-state index in [9.17, 15) is 0 Å². The SMILES string of the molecule is CC(C)c1cccc(C(C)C)c1N=CC1=CC=C/C1=C/Nc1c(C(C)C)cccc1C(C)C.CC(C)c1cccc(C(C)C)c1N=CC1=CC=C/C1=C/Nc1c(C(C)C)cccc1C(C)C. The zero-order chi connectivity index (χ0) is 48.2. The number of benzene rings is 4. The van der Waals surface area contributed by atoms with E-state index in [1.807, 2.05) is 12.4 Å². The lowest BCUT2D eigenvalue weighted by Gasteiger charge is -2.19. The van der Waals surface area contributed by atoms with Crippen LogP contribution >= 0.6 is 0 Å². The molecule has 0 saturated heterocycles. The Morgan fingerprint density at radius 3 is 0.833 bits per heavy atom. The Morgan fingerprint density at radius 1 is 0.348 bits per heavy atom. The van der Waals surface area contributed by atoms with E-state index in [1.54, 1.807) is 0 Å². The summed E-state index contributed by atoms with van der Waals surface area (Å²) in [5, 5.41) is 7.32. The van der Waals surface area contributed by atoms with Crippen LogP contribution in [0.3, 0.4) is 0 Å². The molecule has 0 fully saturated rings. The zero-order valence-corrected chi connectivity index (χ0v) is 43.2. The molecule has 2 aliphatic carbocycles. The number of nitrogens with zero attached hydrogens (tertiary/aromatic N) is 2. The topological polar surface area (TPSA) is 48.8 Å². The predicted molar refractivity (Wildman–Crippen MR) is 293 cm³/mol. The van der Waals surface area contributed by atoms with Crippen molar-refractivity contribution >= 4 is 35.2 Å². The molecular weight excluding hydrogens is 801 g/mol. The molecule has 2 aliphatic rings. The van der Waals surface area contributed by atoms with Gasteiger partial charge in [-0.25, -0.2) is 0 Å². The van der Waals surface area contributed by atoms with Gasteiger partial charge in [-0.2, -0.15) is 0 Å². The van der Waals surface area contributed by atoms with Crippen LogP contribution in [0.2, 0.25) is 0 Å². The molecule has 0 saturated carbocycles. The van der Waals surface area contributed by atoms with Crippen LogP contribution < -0.4 is 10.6 Å². The number of allylic oxidation sites excluding steroid dienone is 10. The molecule has 0 bridgehead atoms. The first kappa shape index (κ1) is 51.2. The summed E-state index contributed by atoms with van der Waals surface area (Å²) in [7, 11) is 0. The maximum Gasteiger partial charge on any atom is 0.0699 e. The fourth-order valence-electron chi connectivity index (χ4n) is 8.72. The number of aliphatic imine (C=N–C) groups is 2. The van der Waals surface area contributed by atoms with Crippen molar-refractivity contribution in [2.45, 2.75) is 158 Å². The third-order valence-corrected chi connectivity index (χ3v) is 12.6. The third-order valence-electron chi connectivity index (χ3n) is 12.6. The van der Waals surface area contributed by atoms with Gasteiger partial charge >= 0.3 is 0 Å². The quantitative estimate of drug-likeness (QED) is 0.110. The van der Waals surface area contributed by atoms with Gasteiger partial charge in [0.25, 0.3) is 0 Å². The normalized spacial score (nSPS) is 15.2. The first-order chi connectivity index (χ1) is 31.4. The average Bonchev–Trinajstić information content (AvgIpc) is 3.94. The van der Waals surface area contributed by atoms with Crippen molar-refractivity contribution < 1.29 is 0 Å². The van der Waals surface area contributed by atoms with E-state index in [4.69, 9.17) is 9.98 Å². The standard InChI is InChI=1S/2C31H40N2/c2*1-20(2)26-14-10-15-27(21(3)4)30(26)32-18-24-12-9-13-25(24)19-33-31-28(22(5)6)16-11-17-29(31)23(7)8/h2*9-23,32H,1-8H3/b2*24-18-,33-19?. The van der Waals surface area contributed by atoms with Crippen molar-refractivity contribution in [2.24, 2.45) is 9.98 Å². The van der Waals surface area contributed by atoms with E-state index in [0.717, 1.165) is 33.7 Å². The molecule has 348 valence electrons. The Balaban J connectivity index is 0.000000247. The lowest BCUT2D eigenvalue weighted by Crippen LogP contribution is -2.04. The average molecular weight is 881 g/mol. The lowest BCUT2D eigenvalue weighted by molar-refractivity contribution is 0.834. The molecule has 0 radical (unpaired) electrons. The van der Waals surface area contributed by atoms with Gasteiger partial charge in [0.05, 0.1) is 11.4 Å². The molecule has 0 amide bonds. The Hall–Kier alpha value is -5.74. The molecule has 0 aromatic heterocycles. The number of para-hydroxylation sites is 4. The third kappa shape index (κ3) is 12.8. The molecule has 0 unspecified atom stereocenters. The maximum absolute atomic E-state index is 5.03. The van der Waals surface area contributed by atoms with Crippen LogP contribution in [0.15, 0.2) is 154 Å². The van der Waals surface area contributed by atoms with E-state index >= 15 is 0 Å². The van der Waals surface area contributed by atoms with E-state index in [1.165, 1.54) is 55.9 Å². The maximum atomic E-state index is 5.03. The molecule has 4 nitrogen and oxygen atoms in total. The Bertz CT molecular complexity index is 2260. The van der Waals surface area contributed by atoms with Crippen molar-refractivity contribution in [2.75, 3.05) is 10.6 Å². The molecule has 0 atom stereocenters. The summed E-state index contributed by atoms with van der Waals surface area (Å²) in [6.07, 6.45) is 21.1. The van der Waals surface area contributed by atoms with Crippen LogP contribution in [-0.4, -0.2) is 12.4 Å². The van der Waals surface area contributed by atoms with Gasteiger partial charge < -0.3 is 10.6 Å². The number of hydrogen-bond donors (Lipinski definition) is 2. The minimum Gasteiger partial charge on any atom is -0.361 e. The largest absolute Gasteiger partial charge is 0.361 e. The van der Waals surface area contributed by atoms with Crippen molar-refractivity contribution in [3.63, 3.8) is 0 Å². The number of anilines is 2. The number of nitrogens with one attached hydrogen (secondary N) is 2. The van der Waals surface area contributed by atoms with Crippen LogP contribution in [-0.2, 0) is 0 Å². The van der Waals surface area contributed by atoms with Crippen molar-refractivity contribution in [3.05, 3.63) is 188 Å². The monoisotopic (exact) mass is 881 g/mol. The summed E-state index contributed by atoms with van der Waals surface area (Å²) < 4.78 is 0. The van der Waals surface area contributed by atoms with Gasteiger partial charge in [0.2, 0.25) is 0 Å². The van der Waals surface area contributed by atoms with Crippen LogP contribution in [0.5, 0.6) is 0 Å². The van der Waals surface area contributed by atoms with Crippen LogP contribution in [0.1, 0.15) is 203 Å². The van der Waals surface area contributed by atoms with Gasteiger partial charge in [0.1, 0.15) is 0 Å². The molecule has 6 rings (SSSR count). The number of rotatable bonds is 16. The first-order valence-electron chi connectivity index (χ1n) is 24.7. The lowest BCUT2D eigenvalue weighted by atomic mass is 9.92. The summed E-state index contributed by atoms with van der Waals surface area (Å²) >= 11 is 0. The highest BCUT2D eigenvalue weighted by molar-refractivity contribution is 5.91. The highest BCUT2D eigenvalue weighted by Crippen LogP contribution is 2.38. The second-order valence-electron chi connectivity index (χ2n) is 20.4. The van der Waals surface area contributed by atoms with E-state index < -0.39 is 0 Å². The summed E-state index contributed by atoms with van der Waals surface area (Å²) in [6, 6.07) is 26.4. The van der Waals surface area contributed by atoms with Crippen LogP contribution in [0.4, 0.5) is 22.7 Å². The van der Waals surface area contributed by atoms with Gasteiger partial charge in [0.15, 0.2) is 0 Å². The van der Waals surface area contributed by atoms with Crippen molar-refractivity contribution in [1.82, 2.24) is 0 Å². The Labute approximate surface area is 400 Å². The van der Waals surface area contributed by atoms with Gasteiger partial charge in [-0.3, -0.25) is 9.98 Å². The second-order valence-corrected chi connectivity index (χ2v) is 20.4. The molecular formula is C62H80N4. The second kappa shape index (κ2) is 23.6. The van der Waals surface area contributed by atoms with Gasteiger partial charge in [-0.1, -0.05) is 220 Å². The molecule has 2 N–H and O–H groups in total. The molecule has 4 heteroatoms. The first-order valence-corrected chi connectivity index (χ1v) is 24.7. The van der Waals surface area contributed by atoms with E-state index in [-0.39, 0.29) is 0 Å². The van der Waals surface area contributed by atoms with E-state index in [0.29, 0.717) is 47.3 Å². The van der Waals surface area contributed by atoms with Crippen molar-refractivity contribution in [1.29, 1.82) is 0 Å². The van der Waals surface area contributed by atoms with Crippen LogP contribution in [0, 0.1) is 0 Å². The molecule has 0 spiro atoms. The van der Waals surface area contributed by atoms with Crippen molar-refractivity contribution in [3.8, 4) is 0 Å². The van der Waals surface area contributed by atoms with Gasteiger partial charge in [-0.15, -0.1) is 0 Å². The zero-order valence-electron chi connectivity index (χ0n) is 43.2. The smallest absolute Gasteiger partial charge is 0.0699 e. The molecule has 4 aromatic carbocycles. The molecule has 0 aliphatic heterocycles. The highest BCUT2D eigenvalue weighted by Gasteiger charge is 2.18. The minimum atomic E-state index is 0.435. The predicted octanol–water partition coefficient (Wildman–Crippen LogP) is 18.7. The molecule has 4 aromatic rings. The summed E-state index contributed by atoms with van der Waals surface area (Å²) in [4.78, 5) is 10.1. The Morgan fingerprint density at radius 2 is 0.591 bits per heavy atom. The fraction of sp³-hybridized carbons (Fsp3) is 0.387. The van der Waals surface area contributed by atoms with Gasteiger partial charge in [-0.05, 0) is 103 Å². The van der Waals surface area contributed by atoms with Gasteiger partial charge in [0, 0.05) is 47.4 Å². The molecule has 66 heavy (non-hydrogen) atoms. The van der Waals surface area contributed by atoms with Crippen LogP contribution in [0.25, 0.3) is 0 Å². The Kier molecular flexibility index (Phi) is 18.3. The fourth-order valence-corrected chi connectivity index (χ4v) is 8.72. The molecule has 0 heterocycles. The summed E-state index contributed by atoms with van der Waals surface area (Å²) in [6.45, 7) is 35.9. The minimum absolute atomic E-state index is 0.435. The number of hydrogen-bond acceptors (Lipinski definition) is 4. The van der Waals surface area contributed by atoms with E-state index in [2.05, 4.69) is 243 Å².